The van der Waals surface area contributed by atoms with E-state index in [0.29, 0.717) is 6.54 Å². The van der Waals surface area contributed by atoms with Gasteiger partial charge in [-0.1, -0.05) is 13.0 Å². The highest BCUT2D eigenvalue weighted by Gasteiger charge is 2.19. The summed E-state index contributed by atoms with van der Waals surface area (Å²) in [6.07, 6.45) is 5.16. The lowest BCUT2D eigenvalue weighted by molar-refractivity contribution is -0.131. The Morgan fingerprint density at radius 1 is 1.43 bits per heavy atom. The lowest BCUT2D eigenvalue weighted by Crippen LogP contribution is -2.37. The summed E-state index contributed by atoms with van der Waals surface area (Å²) in [6, 6.07) is 4.02. The molecule has 0 atom stereocenters. The third-order valence-corrected chi connectivity index (χ3v) is 3.74. The number of anilines is 1. The molecule has 0 spiro atoms. The minimum atomic E-state index is 0.238. The molecule has 1 amide bonds. The molecule has 5 nitrogen and oxygen atoms in total. The van der Waals surface area contributed by atoms with Crippen LogP contribution in [-0.2, 0) is 11.3 Å². The van der Waals surface area contributed by atoms with Crippen molar-refractivity contribution < 1.29 is 4.79 Å². The van der Waals surface area contributed by atoms with E-state index >= 15 is 0 Å². The van der Waals surface area contributed by atoms with Gasteiger partial charge in [-0.3, -0.25) is 9.69 Å². The van der Waals surface area contributed by atoms with Crippen molar-refractivity contribution in [1.82, 2.24) is 14.8 Å². The maximum atomic E-state index is 12.2. The second-order valence-electron chi connectivity index (χ2n) is 5.70. The van der Waals surface area contributed by atoms with Gasteiger partial charge in [-0.2, -0.15) is 0 Å². The summed E-state index contributed by atoms with van der Waals surface area (Å²) in [5, 5.41) is 3.34. The van der Waals surface area contributed by atoms with E-state index < -0.39 is 0 Å². The molecule has 2 rings (SSSR count). The molecule has 116 valence electrons. The molecular formula is C16H26N4O. The quantitative estimate of drug-likeness (QED) is 0.834. The Morgan fingerprint density at radius 2 is 2.19 bits per heavy atom. The van der Waals surface area contributed by atoms with Crippen LogP contribution in [0.2, 0.25) is 0 Å². The number of hydrogen-bond donors (Lipinski definition) is 1. The molecule has 0 radical (unpaired) electrons. The Kier molecular flexibility index (Phi) is 5.99. The monoisotopic (exact) mass is 290 g/mol. The van der Waals surface area contributed by atoms with Crippen LogP contribution in [0.3, 0.4) is 0 Å². The molecule has 0 unspecified atom stereocenters. The van der Waals surface area contributed by atoms with E-state index in [1.165, 1.54) is 0 Å². The van der Waals surface area contributed by atoms with E-state index in [0.717, 1.165) is 56.8 Å². The number of nitrogens with one attached hydrogen (secondary N) is 1. The van der Waals surface area contributed by atoms with E-state index in [2.05, 4.69) is 28.2 Å². The summed E-state index contributed by atoms with van der Waals surface area (Å²) in [6.45, 7) is 6.10. The topological polar surface area (TPSA) is 48.5 Å². The number of carbonyl (C=O) groups excluding carboxylic acids is 1. The van der Waals surface area contributed by atoms with E-state index in [-0.39, 0.29) is 5.91 Å². The summed E-state index contributed by atoms with van der Waals surface area (Å²) in [4.78, 5) is 20.6. The maximum absolute atomic E-state index is 12.2. The van der Waals surface area contributed by atoms with Crippen LogP contribution in [0.5, 0.6) is 0 Å². The second-order valence-corrected chi connectivity index (χ2v) is 5.70. The van der Waals surface area contributed by atoms with Crippen molar-refractivity contribution in [2.75, 3.05) is 38.5 Å². The van der Waals surface area contributed by atoms with Crippen molar-refractivity contribution in [3.05, 3.63) is 23.9 Å². The molecule has 1 aromatic heterocycles. The number of amides is 1. The van der Waals surface area contributed by atoms with Crippen LogP contribution in [0.25, 0.3) is 0 Å². The smallest absolute Gasteiger partial charge is 0.236 e. The molecule has 5 heteroatoms. The molecule has 1 fully saturated rings. The highest BCUT2D eigenvalue weighted by Crippen LogP contribution is 2.14. The molecule has 1 N–H and O–H groups in total. The molecule has 0 bridgehead atoms. The lowest BCUT2D eigenvalue weighted by Gasteiger charge is -2.22. The number of nitrogens with zero attached hydrogens (tertiary/aromatic N) is 3. The minimum Gasteiger partial charge on any atom is -0.370 e. The molecular weight excluding hydrogens is 264 g/mol. The highest BCUT2D eigenvalue weighted by molar-refractivity contribution is 5.78. The largest absolute Gasteiger partial charge is 0.370 e. The third-order valence-electron chi connectivity index (χ3n) is 3.74. The van der Waals surface area contributed by atoms with Crippen LogP contribution in [0, 0.1) is 0 Å². The molecule has 0 saturated carbocycles. The fourth-order valence-corrected chi connectivity index (χ4v) is 2.61. The van der Waals surface area contributed by atoms with Crippen molar-refractivity contribution in [2.24, 2.45) is 0 Å². The summed E-state index contributed by atoms with van der Waals surface area (Å²) in [5.41, 5.74) is 1.14. The van der Waals surface area contributed by atoms with Gasteiger partial charge in [0.15, 0.2) is 0 Å². The molecule has 1 aliphatic rings. The van der Waals surface area contributed by atoms with E-state index in [1.807, 2.05) is 18.0 Å². The first-order chi connectivity index (χ1) is 10.2. The average Bonchev–Trinajstić information content (AvgIpc) is 3.00. The molecule has 1 aromatic rings. The van der Waals surface area contributed by atoms with Crippen molar-refractivity contribution in [3.8, 4) is 0 Å². The first-order valence-corrected chi connectivity index (χ1v) is 7.84. The van der Waals surface area contributed by atoms with Crippen LogP contribution in [0.4, 0.5) is 5.82 Å². The number of carbonyl (C=O) groups is 1. The molecule has 1 saturated heterocycles. The molecule has 0 aromatic carbocycles. The highest BCUT2D eigenvalue weighted by atomic mass is 16.2. The van der Waals surface area contributed by atoms with Gasteiger partial charge in [-0.05, 0) is 32.4 Å². The third kappa shape index (κ3) is 4.70. The number of aromatic nitrogens is 1. The van der Waals surface area contributed by atoms with E-state index in [1.54, 1.807) is 6.20 Å². The van der Waals surface area contributed by atoms with E-state index in [4.69, 9.17) is 0 Å². The summed E-state index contributed by atoms with van der Waals surface area (Å²) in [7, 11) is 1.99. The molecule has 21 heavy (non-hydrogen) atoms. The summed E-state index contributed by atoms with van der Waals surface area (Å²) < 4.78 is 0. The fourth-order valence-electron chi connectivity index (χ4n) is 2.61. The number of rotatable bonds is 7. The molecule has 0 aliphatic carbocycles. The zero-order valence-electron chi connectivity index (χ0n) is 13.1. The Balaban J connectivity index is 1.89. The van der Waals surface area contributed by atoms with Gasteiger partial charge in [-0.25, -0.2) is 4.98 Å². The van der Waals surface area contributed by atoms with Gasteiger partial charge in [0.25, 0.3) is 0 Å². The number of likely N-dealkylation sites (tertiary alicyclic amines) is 1. The molecule has 2 heterocycles. The van der Waals surface area contributed by atoms with Crippen molar-refractivity contribution >= 4 is 11.7 Å². The van der Waals surface area contributed by atoms with Crippen LogP contribution in [-0.4, -0.2) is 53.9 Å². The van der Waals surface area contributed by atoms with E-state index in [9.17, 15) is 4.79 Å². The number of hydrogen-bond acceptors (Lipinski definition) is 4. The normalized spacial score (nSPS) is 14.7. The van der Waals surface area contributed by atoms with Crippen molar-refractivity contribution in [1.29, 1.82) is 0 Å². The maximum Gasteiger partial charge on any atom is 0.236 e. The number of pyridine rings is 1. The van der Waals surface area contributed by atoms with Gasteiger partial charge in [0.2, 0.25) is 5.91 Å². The Hall–Kier alpha value is -1.62. The van der Waals surface area contributed by atoms with Crippen molar-refractivity contribution in [2.45, 2.75) is 32.7 Å². The first-order valence-electron chi connectivity index (χ1n) is 7.84. The average molecular weight is 290 g/mol. The lowest BCUT2D eigenvalue weighted by atomic mass is 10.2. The van der Waals surface area contributed by atoms with Crippen LogP contribution in [0.1, 0.15) is 31.7 Å². The summed E-state index contributed by atoms with van der Waals surface area (Å²) >= 11 is 0. The predicted octanol–water partition coefficient (Wildman–Crippen LogP) is 1.96. The van der Waals surface area contributed by atoms with Crippen LogP contribution in [0.15, 0.2) is 18.3 Å². The van der Waals surface area contributed by atoms with Gasteiger partial charge in [-0.15, -0.1) is 0 Å². The van der Waals surface area contributed by atoms with Gasteiger partial charge < -0.3 is 10.2 Å². The standard InChI is InChI=1S/C16H26N4O/c1-3-8-17-16-14(7-6-9-18-16)12-19(2)13-15(21)20-10-4-5-11-20/h6-7,9H,3-5,8,10-13H2,1-2H3,(H,17,18). The van der Waals surface area contributed by atoms with Crippen LogP contribution >= 0.6 is 0 Å². The van der Waals surface area contributed by atoms with Crippen molar-refractivity contribution in [3.63, 3.8) is 0 Å². The van der Waals surface area contributed by atoms with Gasteiger partial charge in [0.1, 0.15) is 5.82 Å². The second kappa shape index (κ2) is 7.98. The Bertz CT molecular complexity index is 457. The van der Waals surface area contributed by atoms with Gasteiger partial charge in [0.05, 0.1) is 6.54 Å². The fraction of sp³-hybridized carbons (Fsp3) is 0.625. The zero-order valence-corrected chi connectivity index (χ0v) is 13.1. The van der Waals surface area contributed by atoms with Crippen LogP contribution < -0.4 is 5.32 Å². The minimum absolute atomic E-state index is 0.238. The Morgan fingerprint density at radius 3 is 2.90 bits per heavy atom. The number of likely N-dealkylation sites (N-methyl/N-ethyl adjacent to an activating group) is 1. The van der Waals surface area contributed by atoms with Gasteiger partial charge >= 0.3 is 0 Å². The first kappa shape index (κ1) is 15.8. The molecule has 1 aliphatic heterocycles. The van der Waals surface area contributed by atoms with Gasteiger partial charge in [0, 0.05) is 37.9 Å². The Labute approximate surface area is 127 Å². The predicted molar refractivity (Wildman–Crippen MR) is 85.2 cm³/mol. The SMILES string of the molecule is CCCNc1ncccc1CN(C)CC(=O)N1CCCC1. The summed E-state index contributed by atoms with van der Waals surface area (Å²) in [5.74, 6) is 1.17. The zero-order chi connectivity index (χ0) is 15.1.